The van der Waals surface area contributed by atoms with Gasteiger partial charge in [-0.15, -0.1) is 24.8 Å². The van der Waals surface area contributed by atoms with Crippen molar-refractivity contribution in [2.45, 2.75) is 44.2 Å². The van der Waals surface area contributed by atoms with Gasteiger partial charge in [-0.05, 0) is 37.7 Å². The highest BCUT2D eigenvalue weighted by Gasteiger charge is 2.20. The summed E-state index contributed by atoms with van der Waals surface area (Å²) in [5, 5.41) is 6.88. The van der Waals surface area contributed by atoms with E-state index in [9.17, 15) is 0 Å². The number of hydrogen-bond donors (Lipinski definition) is 4. The fourth-order valence-electron chi connectivity index (χ4n) is 3.44. The minimum atomic E-state index is 0. The molecule has 0 saturated heterocycles. The zero-order valence-corrected chi connectivity index (χ0v) is 17.2. The van der Waals surface area contributed by atoms with Gasteiger partial charge in [-0.3, -0.25) is 0 Å². The number of anilines is 2. The number of fused-ring (bicyclic) bond motifs is 1. The predicted molar refractivity (Wildman–Crippen MR) is 119 cm³/mol. The zero-order valence-electron chi connectivity index (χ0n) is 15.6. The maximum atomic E-state index is 5.99. The topological polar surface area (TPSA) is 105 Å². The van der Waals surface area contributed by atoms with E-state index in [0.717, 1.165) is 50.0 Å². The van der Waals surface area contributed by atoms with Gasteiger partial charge in [0.2, 0.25) is 5.95 Å². The lowest BCUT2D eigenvalue weighted by Gasteiger charge is -2.26. The summed E-state index contributed by atoms with van der Waals surface area (Å²) in [6.07, 6.45) is 6.80. The van der Waals surface area contributed by atoms with E-state index >= 15 is 0 Å². The Morgan fingerprint density at radius 3 is 2.54 bits per heavy atom. The number of H-pyrrole nitrogens is 1. The third-order valence-corrected chi connectivity index (χ3v) is 4.94. The summed E-state index contributed by atoms with van der Waals surface area (Å²) in [4.78, 5) is 16.7. The first-order chi connectivity index (χ1) is 12.8. The SMILES string of the molecule is Cl.Cl.NC1CCC(Nc2nc(NCCc3ccccc3)c3[nH]cnc3n2)CC1. The standard InChI is InChI=1S/C19H25N7.2ClH/c20-14-6-8-15(9-7-14)24-19-25-17(16-18(26-19)23-12-22-16)21-11-10-13-4-2-1-3-5-13;;/h1-5,12,14-15H,6-11,20H2,(H3,21,22,23,24,25,26);2*1H. The van der Waals surface area contributed by atoms with Crippen LogP contribution in [0.2, 0.25) is 0 Å². The number of halogens is 2. The van der Waals surface area contributed by atoms with E-state index in [0.29, 0.717) is 23.7 Å². The number of rotatable bonds is 6. The Labute approximate surface area is 177 Å². The van der Waals surface area contributed by atoms with E-state index < -0.39 is 0 Å². The number of nitrogens with two attached hydrogens (primary N) is 1. The molecule has 1 fully saturated rings. The van der Waals surface area contributed by atoms with Crippen LogP contribution >= 0.6 is 24.8 Å². The van der Waals surface area contributed by atoms with E-state index in [2.05, 4.69) is 54.8 Å². The molecule has 0 aliphatic heterocycles. The summed E-state index contributed by atoms with van der Waals surface area (Å²) < 4.78 is 0. The van der Waals surface area contributed by atoms with Crippen molar-refractivity contribution >= 4 is 47.7 Å². The number of aromatic amines is 1. The van der Waals surface area contributed by atoms with Crippen LogP contribution < -0.4 is 16.4 Å². The van der Waals surface area contributed by atoms with E-state index in [1.807, 2.05) is 6.07 Å². The molecule has 9 heteroatoms. The van der Waals surface area contributed by atoms with Crippen LogP contribution in [0.4, 0.5) is 11.8 Å². The Morgan fingerprint density at radius 1 is 1.04 bits per heavy atom. The lowest BCUT2D eigenvalue weighted by atomic mass is 9.92. The molecule has 152 valence electrons. The van der Waals surface area contributed by atoms with Crippen molar-refractivity contribution in [3.05, 3.63) is 42.2 Å². The van der Waals surface area contributed by atoms with Crippen molar-refractivity contribution in [3.63, 3.8) is 0 Å². The van der Waals surface area contributed by atoms with Gasteiger partial charge in [0, 0.05) is 18.6 Å². The largest absolute Gasteiger partial charge is 0.368 e. The van der Waals surface area contributed by atoms with Crippen LogP contribution in [0.15, 0.2) is 36.7 Å². The molecule has 0 spiro atoms. The molecule has 1 aliphatic carbocycles. The number of aromatic nitrogens is 4. The van der Waals surface area contributed by atoms with Gasteiger partial charge in [-0.2, -0.15) is 9.97 Å². The maximum Gasteiger partial charge on any atom is 0.227 e. The van der Waals surface area contributed by atoms with Gasteiger partial charge in [0.1, 0.15) is 5.52 Å². The van der Waals surface area contributed by atoms with Crippen molar-refractivity contribution in [3.8, 4) is 0 Å². The van der Waals surface area contributed by atoms with E-state index in [1.165, 1.54) is 5.56 Å². The van der Waals surface area contributed by atoms with Crippen molar-refractivity contribution in [2.75, 3.05) is 17.2 Å². The van der Waals surface area contributed by atoms with Crippen LogP contribution in [-0.2, 0) is 6.42 Å². The molecule has 0 atom stereocenters. The highest BCUT2D eigenvalue weighted by molar-refractivity contribution is 5.85. The fourth-order valence-corrected chi connectivity index (χ4v) is 3.44. The molecule has 1 saturated carbocycles. The summed E-state index contributed by atoms with van der Waals surface area (Å²) in [6, 6.07) is 11.1. The van der Waals surface area contributed by atoms with Crippen LogP contribution in [0.25, 0.3) is 11.2 Å². The molecule has 7 nitrogen and oxygen atoms in total. The minimum absolute atomic E-state index is 0. The first-order valence-electron chi connectivity index (χ1n) is 9.29. The van der Waals surface area contributed by atoms with Gasteiger partial charge < -0.3 is 21.4 Å². The molecule has 0 amide bonds. The zero-order chi connectivity index (χ0) is 17.8. The Morgan fingerprint density at radius 2 is 1.79 bits per heavy atom. The Bertz CT molecular complexity index is 848. The van der Waals surface area contributed by atoms with E-state index in [1.54, 1.807) is 6.33 Å². The number of nitrogens with zero attached hydrogens (tertiary/aromatic N) is 3. The third-order valence-electron chi connectivity index (χ3n) is 4.94. The quantitative estimate of drug-likeness (QED) is 0.483. The molecular formula is C19H27Cl2N7. The van der Waals surface area contributed by atoms with Gasteiger partial charge in [-0.25, -0.2) is 4.98 Å². The summed E-state index contributed by atoms with van der Waals surface area (Å²) in [7, 11) is 0. The molecule has 0 radical (unpaired) electrons. The second-order valence-corrected chi connectivity index (χ2v) is 6.92. The highest BCUT2D eigenvalue weighted by Crippen LogP contribution is 2.23. The summed E-state index contributed by atoms with van der Waals surface area (Å²) in [5.41, 5.74) is 8.81. The van der Waals surface area contributed by atoms with E-state index in [-0.39, 0.29) is 24.8 Å². The van der Waals surface area contributed by atoms with Gasteiger partial charge >= 0.3 is 0 Å². The Kier molecular flexibility index (Phi) is 8.29. The van der Waals surface area contributed by atoms with Crippen molar-refractivity contribution in [2.24, 2.45) is 5.73 Å². The highest BCUT2D eigenvalue weighted by atomic mass is 35.5. The summed E-state index contributed by atoms with van der Waals surface area (Å²) in [6.45, 7) is 0.798. The lowest BCUT2D eigenvalue weighted by molar-refractivity contribution is 0.410. The lowest BCUT2D eigenvalue weighted by Crippen LogP contribution is -2.33. The van der Waals surface area contributed by atoms with Crippen molar-refractivity contribution in [1.29, 1.82) is 0 Å². The van der Waals surface area contributed by atoms with Gasteiger partial charge in [0.05, 0.1) is 6.33 Å². The first kappa shape index (κ1) is 22.2. The second kappa shape index (κ2) is 10.5. The maximum absolute atomic E-state index is 5.99. The predicted octanol–water partition coefficient (Wildman–Crippen LogP) is 3.53. The smallest absolute Gasteiger partial charge is 0.227 e. The van der Waals surface area contributed by atoms with Crippen LogP contribution in [-0.4, -0.2) is 38.6 Å². The molecule has 1 aromatic carbocycles. The number of benzene rings is 1. The molecule has 0 unspecified atom stereocenters. The average Bonchev–Trinajstić information content (AvgIpc) is 3.13. The molecule has 2 aromatic heterocycles. The summed E-state index contributed by atoms with van der Waals surface area (Å²) in [5.74, 6) is 1.42. The molecule has 28 heavy (non-hydrogen) atoms. The monoisotopic (exact) mass is 423 g/mol. The molecule has 1 aliphatic rings. The minimum Gasteiger partial charge on any atom is -0.368 e. The molecular weight excluding hydrogens is 397 g/mol. The summed E-state index contributed by atoms with van der Waals surface area (Å²) >= 11 is 0. The van der Waals surface area contributed by atoms with Crippen LogP contribution in [0.3, 0.4) is 0 Å². The van der Waals surface area contributed by atoms with E-state index in [4.69, 9.17) is 5.73 Å². The average molecular weight is 424 g/mol. The second-order valence-electron chi connectivity index (χ2n) is 6.92. The van der Waals surface area contributed by atoms with Crippen molar-refractivity contribution < 1.29 is 0 Å². The molecule has 2 heterocycles. The number of nitrogens with one attached hydrogen (secondary N) is 3. The fraction of sp³-hybridized carbons (Fsp3) is 0.421. The van der Waals surface area contributed by atoms with Gasteiger partial charge in [0.25, 0.3) is 0 Å². The Hall–Kier alpha value is -2.09. The molecule has 0 bridgehead atoms. The van der Waals surface area contributed by atoms with Gasteiger partial charge in [-0.1, -0.05) is 30.3 Å². The third kappa shape index (κ3) is 5.47. The molecule has 4 rings (SSSR count). The van der Waals surface area contributed by atoms with Gasteiger partial charge in [0.15, 0.2) is 11.5 Å². The Balaban J connectivity index is 0.00000140. The number of hydrogen-bond acceptors (Lipinski definition) is 6. The van der Waals surface area contributed by atoms with Crippen molar-refractivity contribution in [1.82, 2.24) is 19.9 Å². The normalized spacial score (nSPS) is 18.8. The van der Waals surface area contributed by atoms with Crippen LogP contribution in [0.5, 0.6) is 0 Å². The van der Waals surface area contributed by atoms with Crippen LogP contribution in [0.1, 0.15) is 31.2 Å². The molecule has 5 N–H and O–H groups in total. The number of imidazole rings is 1. The first-order valence-corrected chi connectivity index (χ1v) is 9.29. The van der Waals surface area contributed by atoms with Crippen LogP contribution in [0, 0.1) is 0 Å². The molecule has 3 aromatic rings.